The first-order chi connectivity index (χ1) is 8.38. The van der Waals surface area contributed by atoms with E-state index in [4.69, 9.17) is 10.00 Å². The Balaban J connectivity index is 2.12. The summed E-state index contributed by atoms with van der Waals surface area (Å²) in [4.78, 5) is 10.4. The lowest BCUT2D eigenvalue weighted by molar-refractivity contribution is 0.122. The van der Waals surface area contributed by atoms with Crippen LogP contribution in [0, 0.1) is 11.3 Å². The quantitative estimate of drug-likeness (QED) is 0.745. The van der Waals surface area contributed by atoms with Crippen molar-refractivity contribution < 1.29 is 4.74 Å². The van der Waals surface area contributed by atoms with E-state index in [-0.39, 0.29) is 5.82 Å². The van der Waals surface area contributed by atoms with Crippen LogP contribution in [0.4, 0.5) is 5.82 Å². The van der Waals surface area contributed by atoms with Gasteiger partial charge in [0.1, 0.15) is 11.9 Å². The molecule has 3 rings (SSSR count). The van der Waals surface area contributed by atoms with Crippen molar-refractivity contribution in [2.75, 3.05) is 31.2 Å². The minimum absolute atomic E-state index is 0.156. The maximum Gasteiger partial charge on any atom is 0.236 e. The van der Waals surface area contributed by atoms with Crippen LogP contribution in [-0.4, -0.2) is 46.5 Å². The smallest absolute Gasteiger partial charge is 0.236 e. The lowest BCUT2D eigenvalue weighted by atomic mass is 10.3. The molecule has 0 bridgehead atoms. The van der Waals surface area contributed by atoms with Crippen molar-refractivity contribution in [2.45, 2.75) is 0 Å². The number of H-pyrrole nitrogens is 1. The second-order valence-electron chi connectivity index (χ2n) is 3.71. The Morgan fingerprint density at radius 2 is 2.18 bits per heavy atom. The van der Waals surface area contributed by atoms with E-state index >= 15 is 0 Å². The molecule has 0 radical (unpaired) electrons. The fraction of sp³-hybridized carbons (Fsp3) is 0.400. The Hall–Kier alpha value is -2.20. The van der Waals surface area contributed by atoms with Crippen LogP contribution in [0.15, 0.2) is 6.20 Å². The third-order valence-corrected chi connectivity index (χ3v) is 2.70. The molecule has 1 aliphatic heterocycles. The van der Waals surface area contributed by atoms with Crippen molar-refractivity contribution in [3.63, 3.8) is 0 Å². The minimum Gasteiger partial charge on any atom is -0.378 e. The molecule has 86 valence electrons. The van der Waals surface area contributed by atoms with E-state index in [1.165, 1.54) is 0 Å². The normalized spacial score (nSPS) is 16.1. The zero-order valence-corrected chi connectivity index (χ0v) is 9.05. The van der Waals surface area contributed by atoms with Gasteiger partial charge in [-0.15, -0.1) is 0 Å². The molecule has 0 spiro atoms. The standard InChI is InChI=1S/C10H10N6O/c11-5-8-13-9-7(6-12-15-9)10(14-8)16-1-3-17-4-2-16/h6H,1-4H2,(H,12,13,14,15). The number of nitrogens with one attached hydrogen (secondary N) is 1. The minimum atomic E-state index is 0.156. The first-order valence-corrected chi connectivity index (χ1v) is 5.32. The van der Waals surface area contributed by atoms with Crippen LogP contribution in [0.1, 0.15) is 5.82 Å². The molecule has 1 fully saturated rings. The van der Waals surface area contributed by atoms with Crippen molar-refractivity contribution in [3.05, 3.63) is 12.0 Å². The van der Waals surface area contributed by atoms with Crippen molar-refractivity contribution in [3.8, 4) is 6.07 Å². The van der Waals surface area contributed by atoms with Gasteiger partial charge in [-0.2, -0.15) is 15.3 Å². The predicted octanol–water partition coefficient (Wildman–Crippen LogP) is 0.0612. The van der Waals surface area contributed by atoms with Crippen LogP contribution in [0.2, 0.25) is 0 Å². The van der Waals surface area contributed by atoms with Gasteiger partial charge in [0, 0.05) is 13.1 Å². The molecular weight excluding hydrogens is 220 g/mol. The van der Waals surface area contributed by atoms with E-state index in [9.17, 15) is 0 Å². The van der Waals surface area contributed by atoms with Crippen LogP contribution in [0.25, 0.3) is 11.0 Å². The van der Waals surface area contributed by atoms with Gasteiger partial charge in [-0.1, -0.05) is 0 Å². The van der Waals surface area contributed by atoms with Gasteiger partial charge in [0.2, 0.25) is 5.82 Å². The number of hydrogen-bond acceptors (Lipinski definition) is 6. The van der Waals surface area contributed by atoms with E-state index in [1.807, 2.05) is 6.07 Å². The van der Waals surface area contributed by atoms with E-state index in [0.29, 0.717) is 18.9 Å². The third-order valence-electron chi connectivity index (χ3n) is 2.70. The molecule has 2 aromatic rings. The predicted molar refractivity (Wildman–Crippen MR) is 59.4 cm³/mol. The number of nitrogens with zero attached hydrogens (tertiary/aromatic N) is 5. The van der Waals surface area contributed by atoms with Crippen LogP contribution < -0.4 is 4.90 Å². The van der Waals surface area contributed by atoms with Gasteiger partial charge in [-0.25, -0.2) is 4.98 Å². The molecule has 0 atom stereocenters. The number of fused-ring (bicyclic) bond motifs is 1. The molecule has 1 aliphatic rings. The SMILES string of the molecule is N#Cc1nc(N2CCOCC2)c2cn[nH]c2n1. The number of hydrogen-bond donors (Lipinski definition) is 1. The first-order valence-electron chi connectivity index (χ1n) is 5.32. The fourth-order valence-corrected chi connectivity index (χ4v) is 1.89. The van der Waals surface area contributed by atoms with Crippen LogP contribution in [0.5, 0.6) is 0 Å². The highest BCUT2D eigenvalue weighted by atomic mass is 16.5. The van der Waals surface area contributed by atoms with E-state index < -0.39 is 0 Å². The summed E-state index contributed by atoms with van der Waals surface area (Å²) in [6.07, 6.45) is 1.68. The summed E-state index contributed by atoms with van der Waals surface area (Å²) in [5.74, 6) is 0.909. The van der Waals surface area contributed by atoms with Crippen molar-refractivity contribution in [1.82, 2.24) is 20.2 Å². The number of aromatic nitrogens is 4. The molecule has 1 saturated heterocycles. The van der Waals surface area contributed by atoms with Gasteiger partial charge in [0.15, 0.2) is 5.65 Å². The number of aromatic amines is 1. The maximum atomic E-state index is 8.90. The molecule has 7 heteroatoms. The molecule has 1 N–H and O–H groups in total. The Labute approximate surface area is 97.0 Å². The maximum absolute atomic E-state index is 8.90. The molecule has 0 saturated carbocycles. The van der Waals surface area contributed by atoms with Gasteiger partial charge in [-0.3, -0.25) is 5.10 Å². The van der Waals surface area contributed by atoms with Gasteiger partial charge in [-0.05, 0) is 0 Å². The van der Waals surface area contributed by atoms with Crippen molar-refractivity contribution in [2.24, 2.45) is 0 Å². The summed E-state index contributed by atoms with van der Waals surface area (Å²) >= 11 is 0. The number of rotatable bonds is 1. The highest BCUT2D eigenvalue weighted by Gasteiger charge is 2.18. The van der Waals surface area contributed by atoms with Gasteiger partial charge in [0.25, 0.3) is 0 Å². The lowest BCUT2D eigenvalue weighted by Gasteiger charge is -2.28. The van der Waals surface area contributed by atoms with E-state index in [0.717, 1.165) is 24.3 Å². The Kier molecular flexibility index (Phi) is 2.34. The first kappa shape index (κ1) is 9.99. The van der Waals surface area contributed by atoms with Crippen molar-refractivity contribution in [1.29, 1.82) is 5.26 Å². The highest BCUT2D eigenvalue weighted by molar-refractivity contribution is 5.86. The molecule has 0 aliphatic carbocycles. The molecule has 3 heterocycles. The van der Waals surface area contributed by atoms with Gasteiger partial charge < -0.3 is 9.64 Å². The molecule has 0 aromatic carbocycles. The average Bonchev–Trinajstić information content (AvgIpc) is 2.86. The van der Waals surface area contributed by atoms with E-state index in [2.05, 4.69) is 25.1 Å². The summed E-state index contributed by atoms with van der Waals surface area (Å²) in [6, 6.07) is 1.96. The molecule has 0 amide bonds. The molecule has 0 unspecified atom stereocenters. The summed E-state index contributed by atoms with van der Waals surface area (Å²) in [7, 11) is 0. The topological polar surface area (TPSA) is 90.7 Å². The van der Waals surface area contributed by atoms with Crippen LogP contribution in [-0.2, 0) is 4.74 Å². The highest BCUT2D eigenvalue weighted by Crippen LogP contribution is 2.22. The molecule has 2 aromatic heterocycles. The fourth-order valence-electron chi connectivity index (χ4n) is 1.89. The third kappa shape index (κ3) is 1.68. The molecule has 17 heavy (non-hydrogen) atoms. The summed E-state index contributed by atoms with van der Waals surface area (Å²) in [5.41, 5.74) is 0.595. The van der Waals surface area contributed by atoms with Crippen molar-refractivity contribution >= 4 is 16.9 Å². The molecule has 7 nitrogen and oxygen atoms in total. The summed E-state index contributed by atoms with van der Waals surface area (Å²) in [6.45, 7) is 2.88. The average molecular weight is 230 g/mol. The van der Waals surface area contributed by atoms with Gasteiger partial charge in [0.05, 0.1) is 24.8 Å². The number of nitriles is 1. The van der Waals surface area contributed by atoms with Crippen LogP contribution in [0.3, 0.4) is 0 Å². The number of anilines is 1. The molecular formula is C10H10N6O. The Morgan fingerprint density at radius 1 is 1.35 bits per heavy atom. The Bertz CT molecular complexity index is 580. The van der Waals surface area contributed by atoms with E-state index in [1.54, 1.807) is 6.20 Å². The van der Waals surface area contributed by atoms with Gasteiger partial charge >= 0.3 is 0 Å². The van der Waals surface area contributed by atoms with Crippen LogP contribution >= 0.6 is 0 Å². The second kappa shape index (κ2) is 3.99. The zero-order valence-electron chi connectivity index (χ0n) is 9.05. The Morgan fingerprint density at radius 3 is 2.94 bits per heavy atom. The zero-order chi connectivity index (χ0) is 11.7. The largest absolute Gasteiger partial charge is 0.378 e. The lowest BCUT2D eigenvalue weighted by Crippen LogP contribution is -2.37. The second-order valence-corrected chi connectivity index (χ2v) is 3.71. The monoisotopic (exact) mass is 230 g/mol. The number of morpholine rings is 1. The summed E-state index contributed by atoms with van der Waals surface area (Å²) in [5, 5.41) is 16.4. The summed E-state index contributed by atoms with van der Waals surface area (Å²) < 4.78 is 5.30. The number of ether oxygens (including phenoxy) is 1.